The maximum atomic E-state index is 5.42. The molecule has 0 aliphatic carbocycles. The molecule has 5 N–H and O–H groups in total. The number of rotatable bonds is 5. The summed E-state index contributed by atoms with van der Waals surface area (Å²) < 4.78 is 0. The number of nitrogens with one attached hydrogen (secondary N) is 1. The summed E-state index contributed by atoms with van der Waals surface area (Å²) in [5.74, 6) is 1.12. The minimum atomic E-state index is 0.116. The van der Waals surface area contributed by atoms with E-state index in [9.17, 15) is 0 Å². The standard InChI is InChI=1S/C22H26N6/c23-22(24)26-12-11-25-20-14-21(27-19-10-4-3-9-18(19)20)28-13-5-8-16-6-1-2-7-17(16)15-28/h1-4,6-7,9-10,14H,5,8,11-13,15H2,(H,25,27)(H4,23,24,26). The van der Waals surface area contributed by atoms with Crippen LogP contribution in [0.2, 0.25) is 0 Å². The molecule has 0 radical (unpaired) electrons. The number of nitrogens with two attached hydrogens (primary N) is 2. The molecule has 6 nitrogen and oxygen atoms in total. The first-order chi connectivity index (χ1) is 13.7. The maximum absolute atomic E-state index is 5.42. The molecular formula is C22H26N6. The third kappa shape index (κ3) is 4.01. The number of aryl methyl sites for hydroxylation is 1. The Morgan fingerprint density at radius 2 is 1.86 bits per heavy atom. The number of pyridine rings is 1. The second-order valence-electron chi connectivity index (χ2n) is 7.07. The fraction of sp³-hybridized carbons (Fsp3) is 0.273. The van der Waals surface area contributed by atoms with Crippen molar-refractivity contribution < 1.29 is 0 Å². The Morgan fingerprint density at radius 3 is 2.71 bits per heavy atom. The van der Waals surface area contributed by atoms with Crippen molar-refractivity contribution in [2.75, 3.05) is 29.9 Å². The topological polar surface area (TPSA) is 92.6 Å². The summed E-state index contributed by atoms with van der Waals surface area (Å²) >= 11 is 0. The van der Waals surface area contributed by atoms with Gasteiger partial charge >= 0.3 is 0 Å². The molecule has 6 heteroatoms. The summed E-state index contributed by atoms with van der Waals surface area (Å²) in [4.78, 5) is 11.4. The van der Waals surface area contributed by atoms with Crippen molar-refractivity contribution in [2.45, 2.75) is 19.4 Å². The molecule has 0 spiro atoms. The van der Waals surface area contributed by atoms with Gasteiger partial charge in [0.2, 0.25) is 0 Å². The van der Waals surface area contributed by atoms with Gasteiger partial charge in [-0.25, -0.2) is 4.98 Å². The smallest absolute Gasteiger partial charge is 0.185 e. The largest absolute Gasteiger partial charge is 0.383 e. The third-order valence-corrected chi connectivity index (χ3v) is 5.10. The molecule has 0 amide bonds. The van der Waals surface area contributed by atoms with Crippen LogP contribution < -0.4 is 21.7 Å². The Balaban J connectivity index is 1.64. The van der Waals surface area contributed by atoms with Gasteiger partial charge in [-0.2, -0.15) is 0 Å². The van der Waals surface area contributed by atoms with E-state index in [1.807, 2.05) is 12.1 Å². The zero-order chi connectivity index (χ0) is 19.3. The van der Waals surface area contributed by atoms with Crippen LogP contribution in [-0.4, -0.2) is 30.6 Å². The third-order valence-electron chi connectivity index (χ3n) is 5.10. The second-order valence-corrected chi connectivity index (χ2v) is 7.07. The van der Waals surface area contributed by atoms with Crippen LogP contribution >= 0.6 is 0 Å². The summed E-state index contributed by atoms with van der Waals surface area (Å²) in [6, 6.07) is 19.1. The molecule has 2 aromatic carbocycles. The highest BCUT2D eigenvalue weighted by Crippen LogP contribution is 2.29. The van der Waals surface area contributed by atoms with Crippen LogP contribution in [0.3, 0.4) is 0 Å². The quantitative estimate of drug-likeness (QED) is 0.363. The van der Waals surface area contributed by atoms with Crippen molar-refractivity contribution in [1.29, 1.82) is 0 Å². The fourth-order valence-electron chi connectivity index (χ4n) is 3.74. The number of fused-ring (bicyclic) bond motifs is 2. The van der Waals surface area contributed by atoms with Crippen LogP contribution in [0, 0.1) is 0 Å². The molecule has 0 saturated carbocycles. The Morgan fingerprint density at radius 1 is 1.07 bits per heavy atom. The van der Waals surface area contributed by atoms with E-state index in [4.69, 9.17) is 16.5 Å². The normalized spacial score (nSPS) is 13.6. The van der Waals surface area contributed by atoms with Gasteiger partial charge in [0.25, 0.3) is 0 Å². The lowest BCUT2D eigenvalue weighted by Gasteiger charge is -2.23. The molecule has 0 unspecified atom stereocenters. The van der Waals surface area contributed by atoms with Crippen molar-refractivity contribution in [3.63, 3.8) is 0 Å². The molecule has 144 valence electrons. The van der Waals surface area contributed by atoms with Gasteiger partial charge in [0.1, 0.15) is 5.82 Å². The van der Waals surface area contributed by atoms with Gasteiger partial charge in [0.05, 0.1) is 12.1 Å². The average Bonchev–Trinajstić information content (AvgIpc) is 2.93. The van der Waals surface area contributed by atoms with Gasteiger partial charge in [0.15, 0.2) is 5.96 Å². The van der Waals surface area contributed by atoms with E-state index in [0.717, 1.165) is 48.3 Å². The summed E-state index contributed by atoms with van der Waals surface area (Å²) in [6.45, 7) is 3.07. The van der Waals surface area contributed by atoms with Gasteiger partial charge in [-0.1, -0.05) is 42.5 Å². The molecule has 1 aromatic heterocycles. The van der Waals surface area contributed by atoms with Gasteiger partial charge in [-0.05, 0) is 30.0 Å². The first-order valence-corrected chi connectivity index (χ1v) is 9.71. The molecule has 0 saturated heterocycles. The molecule has 0 bridgehead atoms. The summed E-state index contributed by atoms with van der Waals surface area (Å²) in [7, 11) is 0. The molecule has 0 fully saturated rings. The van der Waals surface area contributed by atoms with E-state index in [1.165, 1.54) is 11.1 Å². The van der Waals surface area contributed by atoms with Crippen LogP contribution in [0.1, 0.15) is 17.5 Å². The number of hydrogen-bond donors (Lipinski definition) is 3. The van der Waals surface area contributed by atoms with E-state index < -0.39 is 0 Å². The average molecular weight is 374 g/mol. The molecular weight excluding hydrogens is 348 g/mol. The highest BCUT2D eigenvalue weighted by Gasteiger charge is 2.17. The van der Waals surface area contributed by atoms with Gasteiger partial charge in [-0.15, -0.1) is 0 Å². The number of anilines is 2. The predicted molar refractivity (Wildman–Crippen MR) is 117 cm³/mol. The molecule has 2 heterocycles. The molecule has 0 atom stereocenters. The number of aromatic nitrogens is 1. The summed E-state index contributed by atoms with van der Waals surface area (Å²) in [5.41, 5.74) is 15.7. The first-order valence-electron chi connectivity index (χ1n) is 9.71. The maximum Gasteiger partial charge on any atom is 0.185 e. The van der Waals surface area contributed by atoms with Crippen molar-refractivity contribution in [2.24, 2.45) is 16.5 Å². The zero-order valence-corrected chi connectivity index (χ0v) is 15.9. The number of guanidine groups is 1. The summed E-state index contributed by atoms with van der Waals surface area (Å²) in [5, 5.41) is 4.58. The lowest BCUT2D eigenvalue weighted by Crippen LogP contribution is -2.24. The monoisotopic (exact) mass is 374 g/mol. The lowest BCUT2D eigenvalue weighted by molar-refractivity contribution is 0.756. The molecule has 1 aliphatic heterocycles. The molecule has 3 aromatic rings. The van der Waals surface area contributed by atoms with Crippen LogP contribution in [0.5, 0.6) is 0 Å². The second kappa shape index (κ2) is 8.17. The van der Waals surface area contributed by atoms with Crippen LogP contribution in [0.15, 0.2) is 59.6 Å². The van der Waals surface area contributed by atoms with Crippen LogP contribution in [-0.2, 0) is 13.0 Å². The molecule has 28 heavy (non-hydrogen) atoms. The predicted octanol–water partition coefficient (Wildman–Crippen LogP) is 2.87. The first kappa shape index (κ1) is 18.1. The Bertz CT molecular complexity index is 993. The van der Waals surface area contributed by atoms with Gasteiger partial charge in [-0.3, -0.25) is 4.99 Å². The Kier molecular flexibility index (Phi) is 5.28. The van der Waals surface area contributed by atoms with Crippen molar-refractivity contribution >= 4 is 28.4 Å². The molecule has 1 aliphatic rings. The van der Waals surface area contributed by atoms with Crippen molar-refractivity contribution in [1.82, 2.24) is 4.98 Å². The Labute approximate surface area is 165 Å². The Hall–Kier alpha value is -3.28. The van der Waals surface area contributed by atoms with E-state index in [2.05, 4.69) is 57.7 Å². The highest BCUT2D eigenvalue weighted by atomic mass is 15.2. The minimum Gasteiger partial charge on any atom is -0.383 e. The van der Waals surface area contributed by atoms with E-state index >= 15 is 0 Å². The number of benzene rings is 2. The van der Waals surface area contributed by atoms with Crippen LogP contribution in [0.25, 0.3) is 10.9 Å². The number of para-hydroxylation sites is 1. The van der Waals surface area contributed by atoms with E-state index in [0.29, 0.717) is 13.1 Å². The van der Waals surface area contributed by atoms with Gasteiger partial charge in [0, 0.05) is 36.8 Å². The van der Waals surface area contributed by atoms with E-state index in [-0.39, 0.29) is 5.96 Å². The van der Waals surface area contributed by atoms with Crippen molar-refractivity contribution in [3.8, 4) is 0 Å². The number of hydrogen-bond acceptors (Lipinski definition) is 4. The highest BCUT2D eigenvalue weighted by molar-refractivity contribution is 5.93. The summed E-state index contributed by atoms with van der Waals surface area (Å²) in [6.07, 6.45) is 2.24. The number of nitrogens with zero attached hydrogens (tertiary/aromatic N) is 3. The minimum absolute atomic E-state index is 0.116. The van der Waals surface area contributed by atoms with Crippen LogP contribution in [0.4, 0.5) is 11.5 Å². The zero-order valence-electron chi connectivity index (χ0n) is 15.9. The van der Waals surface area contributed by atoms with Gasteiger partial charge < -0.3 is 21.7 Å². The SMILES string of the molecule is NC(N)=NCCNc1cc(N2CCCc3ccccc3C2)nc2ccccc12. The lowest BCUT2D eigenvalue weighted by atomic mass is 10.0. The number of aliphatic imine (C=N–C) groups is 1. The van der Waals surface area contributed by atoms with Crippen molar-refractivity contribution in [3.05, 3.63) is 65.7 Å². The van der Waals surface area contributed by atoms with E-state index in [1.54, 1.807) is 0 Å². The molecule has 4 rings (SSSR count). The fourth-order valence-corrected chi connectivity index (χ4v) is 3.74.